The minimum atomic E-state index is -0.651. The maximum Gasteiger partial charge on any atom is 0.410 e. The second kappa shape index (κ2) is 7.50. The Morgan fingerprint density at radius 3 is 2.41 bits per heavy atom. The summed E-state index contributed by atoms with van der Waals surface area (Å²) >= 11 is 0. The van der Waals surface area contributed by atoms with E-state index in [1.807, 2.05) is 20.8 Å². The van der Waals surface area contributed by atoms with Gasteiger partial charge >= 0.3 is 6.09 Å². The Morgan fingerprint density at radius 1 is 1.35 bits per heavy atom. The Bertz CT molecular complexity index is 225. The molecule has 0 aromatic heterocycles. The zero-order valence-electron chi connectivity index (χ0n) is 11.3. The van der Waals surface area contributed by atoms with Crippen molar-refractivity contribution in [1.82, 2.24) is 4.90 Å². The van der Waals surface area contributed by atoms with Gasteiger partial charge in [0, 0.05) is 13.6 Å². The zero-order chi connectivity index (χ0) is 13.5. The first-order valence-electron chi connectivity index (χ1n) is 5.99. The highest BCUT2D eigenvalue weighted by molar-refractivity contribution is 5.67. The number of hydrogen-bond donors (Lipinski definition) is 2. The monoisotopic (exact) mass is 247 g/mol. The van der Waals surface area contributed by atoms with E-state index in [2.05, 4.69) is 0 Å². The van der Waals surface area contributed by atoms with Crippen molar-refractivity contribution in [1.29, 1.82) is 0 Å². The first kappa shape index (κ1) is 16.2. The Labute approximate surface area is 103 Å². The van der Waals surface area contributed by atoms with Crippen LogP contribution in [0.4, 0.5) is 4.79 Å². The molecule has 0 radical (unpaired) electrons. The quantitative estimate of drug-likeness (QED) is 0.696. The molecule has 0 bridgehead atoms. The maximum absolute atomic E-state index is 11.6. The Balaban J connectivity index is 3.72. The van der Waals surface area contributed by atoms with Crippen molar-refractivity contribution in [3.63, 3.8) is 0 Å². The van der Waals surface area contributed by atoms with Crippen LogP contribution in [0.25, 0.3) is 0 Å². The van der Waals surface area contributed by atoms with E-state index in [0.717, 1.165) is 12.8 Å². The van der Waals surface area contributed by atoms with Crippen LogP contribution in [-0.4, -0.2) is 53.1 Å². The molecule has 0 aliphatic heterocycles. The molecule has 0 rings (SSSR count). The first-order chi connectivity index (χ1) is 7.76. The highest BCUT2D eigenvalue weighted by Gasteiger charge is 2.19. The van der Waals surface area contributed by atoms with Crippen molar-refractivity contribution in [3.8, 4) is 0 Å². The molecular weight excluding hydrogens is 222 g/mol. The van der Waals surface area contributed by atoms with Crippen LogP contribution >= 0.6 is 0 Å². The van der Waals surface area contributed by atoms with E-state index in [0.29, 0.717) is 13.0 Å². The lowest BCUT2D eigenvalue weighted by Crippen LogP contribution is -2.34. The number of aliphatic hydroxyl groups excluding tert-OH is 2. The van der Waals surface area contributed by atoms with Crippen LogP contribution in [0.5, 0.6) is 0 Å². The van der Waals surface area contributed by atoms with Crippen molar-refractivity contribution < 1.29 is 19.7 Å². The largest absolute Gasteiger partial charge is 0.444 e. The second-order valence-corrected chi connectivity index (χ2v) is 5.23. The third-order valence-electron chi connectivity index (χ3n) is 2.20. The molecule has 5 heteroatoms. The number of aliphatic hydroxyl groups is 2. The summed E-state index contributed by atoms with van der Waals surface area (Å²) in [5.74, 6) is 0. The molecule has 0 saturated carbocycles. The minimum Gasteiger partial charge on any atom is -0.444 e. The normalized spacial score (nSPS) is 13.3. The molecule has 1 amide bonds. The molecule has 0 heterocycles. The van der Waals surface area contributed by atoms with Crippen molar-refractivity contribution >= 4 is 6.09 Å². The van der Waals surface area contributed by atoms with E-state index >= 15 is 0 Å². The van der Waals surface area contributed by atoms with Crippen LogP contribution in [0.1, 0.15) is 40.0 Å². The van der Waals surface area contributed by atoms with E-state index in [4.69, 9.17) is 14.9 Å². The first-order valence-corrected chi connectivity index (χ1v) is 5.99. The van der Waals surface area contributed by atoms with Crippen LogP contribution in [0.2, 0.25) is 0 Å². The lowest BCUT2D eigenvalue weighted by atomic mass is 10.1. The summed E-state index contributed by atoms with van der Waals surface area (Å²) < 4.78 is 5.20. The van der Waals surface area contributed by atoms with E-state index in [-0.39, 0.29) is 12.7 Å². The minimum absolute atomic E-state index is 0.206. The molecule has 0 fully saturated rings. The molecule has 0 aromatic rings. The summed E-state index contributed by atoms with van der Waals surface area (Å²) in [7, 11) is 1.69. The van der Waals surface area contributed by atoms with Gasteiger partial charge in [0.1, 0.15) is 5.60 Å². The highest BCUT2D eigenvalue weighted by atomic mass is 16.6. The van der Waals surface area contributed by atoms with Gasteiger partial charge in [-0.15, -0.1) is 0 Å². The number of carbonyl (C=O) groups excluding carboxylic acids is 1. The molecule has 2 N–H and O–H groups in total. The lowest BCUT2D eigenvalue weighted by Gasteiger charge is -2.24. The van der Waals surface area contributed by atoms with Gasteiger partial charge < -0.3 is 19.8 Å². The van der Waals surface area contributed by atoms with Gasteiger partial charge in [0.25, 0.3) is 0 Å². The third kappa shape index (κ3) is 8.94. The zero-order valence-corrected chi connectivity index (χ0v) is 11.3. The number of carbonyl (C=O) groups is 1. The molecule has 0 aliphatic carbocycles. The Kier molecular flexibility index (Phi) is 7.15. The molecule has 5 nitrogen and oxygen atoms in total. The van der Waals surface area contributed by atoms with Gasteiger partial charge in [-0.2, -0.15) is 0 Å². The topological polar surface area (TPSA) is 70.0 Å². The Morgan fingerprint density at radius 2 is 1.94 bits per heavy atom. The standard InChI is InChI=1S/C12H25NO4/c1-12(2,3)17-11(16)13(4)8-6-5-7-10(15)9-14/h10,14-15H,5-9H2,1-4H3. The smallest absolute Gasteiger partial charge is 0.410 e. The summed E-state index contributed by atoms with van der Waals surface area (Å²) in [6.07, 6.45) is 1.13. The number of amides is 1. The predicted octanol–water partition coefficient (Wildman–Crippen LogP) is 1.38. The van der Waals surface area contributed by atoms with Crippen molar-refractivity contribution in [2.24, 2.45) is 0 Å². The molecule has 1 unspecified atom stereocenters. The number of unbranched alkanes of at least 4 members (excludes halogenated alkanes) is 1. The van der Waals surface area contributed by atoms with Gasteiger partial charge in [-0.05, 0) is 40.0 Å². The van der Waals surface area contributed by atoms with Gasteiger partial charge in [0.15, 0.2) is 0 Å². The SMILES string of the molecule is CN(CCCCC(O)CO)C(=O)OC(C)(C)C. The summed E-state index contributed by atoms with van der Waals surface area (Å²) in [6, 6.07) is 0. The molecule has 0 aliphatic rings. The number of nitrogens with zero attached hydrogens (tertiary/aromatic N) is 1. The van der Waals surface area contributed by atoms with E-state index in [1.165, 1.54) is 4.90 Å². The van der Waals surface area contributed by atoms with Crippen LogP contribution in [0.15, 0.2) is 0 Å². The Hall–Kier alpha value is -0.810. The fourth-order valence-electron chi connectivity index (χ4n) is 1.25. The second-order valence-electron chi connectivity index (χ2n) is 5.23. The maximum atomic E-state index is 11.6. The third-order valence-corrected chi connectivity index (χ3v) is 2.20. The molecular formula is C12H25NO4. The summed E-state index contributed by atoms with van der Waals surface area (Å²) in [5, 5.41) is 17.8. The summed E-state index contributed by atoms with van der Waals surface area (Å²) in [4.78, 5) is 13.1. The number of hydrogen-bond acceptors (Lipinski definition) is 4. The van der Waals surface area contributed by atoms with Crippen molar-refractivity contribution in [2.75, 3.05) is 20.2 Å². The molecule has 0 aromatic carbocycles. The van der Waals surface area contributed by atoms with Gasteiger partial charge in [0.2, 0.25) is 0 Å². The van der Waals surface area contributed by atoms with E-state index in [9.17, 15) is 4.79 Å². The van der Waals surface area contributed by atoms with Crippen LogP contribution in [0.3, 0.4) is 0 Å². The van der Waals surface area contributed by atoms with Gasteiger partial charge in [-0.3, -0.25) is 0 Å². The van der Waals surface area contributed by atoms with Gasteiger partial charge in [0.05, 0.1) is 12.7 Å². The van der Waals surface area contributed by atoms with Gasteiger partial charge in [-0.1, -0.05) is 0 Å². The fourth-order valence-corrected chi connectivity index (χ4v) is 1.25. The van der Waals surface area contributed by atoms with Gasteiger partial charge in [-0.25, -0.2) is 4.79 Å². The molecule has 1 atom stereocenters. The molecule has 17 heavy (non-hydrogen) atoms. The van der Waals surface area contributed by atoms with Crippen LogP contribution in [0, 0.1) is 0 Å². The van der Waals surface area contributed by atoms with Crippen molar-refractivity contribution in [2.45, 2.75) is 51.7 Å². The lowest BCUT2D eigenvalue weighted by molar-refractivity contribution is 0.0293. The number of ether oxygens (including phenoxy) is 1. The van der Waals surface area contributed by atoms with E-state index in [1.54, 1.807) is 7.05 Å². The fraction of sp³-hybridized carbons (Fsp3) is 0.917. The predicted molar refractivity (Wildman–Crippen MR) is 65.8 cm³/mol. The summed E-state index contributed by atoms with van der Waals surface area (Å²) in [5.41, 5.74) is -0.474. The number of rotatable bonds is 6. The average molecular weight is 247 g/mol. The summed E-state index contributed by atoms with van der Waals surface area (Å²) in [6.45, 7) is 5.87. The van der Waals surface area contributed by atoms with Crippen molar-refractivity contribution in [3.05, 3.63) is 0 Å². The molecule has 0 saturated heterocycles. The highest BCUT2D eigenvalue weighted by Crippen LogP contribution is 2.10. The van der Waals surface area contributed by atoms with Crippen LogP contribution < -0.4 is 0 Å². The average Bonchev–Trinajstić information content (AvgIpc) is 2.21. The molecule has 0 spiro atoms. The van der Waals surface area contributed by atoms with Crippen LogP contribution in [-0.2, 0) is 4.74 Å². The van der Waals surface area contributed by atoms with E-state index < -0.39 is 11.7 Å². The molecule has 102 valence electrons.